The molecule has 0 fully saturated rings. The molecule has 0 aliphatic heterocycles. The molecule has 0 radical (unpaired) electrons. The first kappa shape index (κ1) is 12.0. The second-order valence-electron chi connectivity index (χ2n) is 4.98. The topological polar surface area (TPSA) is 25.2 Å². The average molecular weight is 251 g/mol. The molecule has 2 nitrogen and oxygen atoms in total. The van der Waals surface area contributed by atoms with Gasteiger partial charge in [-0.3, -0.25) is 0 Å². The largest absolute Gasteiger partial charge is 0.392 e. The van der Waals surface area contributed by atoms with E-state index in [2.05, 4.69) is 54.1 Å². The van der Waals surface area contributed by atoms with Gasteiger partial charge in [0.05, 0.1) is 6.61 Å². The van der Waals surface area contributed by atoms with E-state index in [4.69, 9.17) is 5.11 Å². The van der Waals surface area contributed by atoms with Crippen molar-refractivity contribution in [2.24, 2.45) is 0 Å². The molecule has 0 saturated heterocycles. The van der Waals surface area contributed by atoms with Crippen molar-refractivity contribution in [3.63, 3.8) is 0 Å². The van der Waals surface area contributed by atoms with E-state index in [9.17, 15) is 0 Å². The molecule has 19 heavy (non-hydrogen) atoms. The van der Waals surface area contributed by atoms with Gasteiger partial charge in [-0.05, 0) is 41.6 Å². The molecule has 0 unspecified atom stereocenters. The molecular weight excluding hydrogens is 234 g/mol. The number of nitrogens with zero attached hydrogens (tertiary/aromatic N) is 1. The van der Waals surface area contributed by atoms with E-state index in [1.54, 1.807) is 0 Å². The minimum Gasteiger partial charge on any atom is -0.392 e. The molecule has 0 aliphatic carbocycles. The molecule has 0 atom stereocenters. The van der Waals surface area contributed by atoms with Crippen molar-refractivity contribution in [2.45, 2.75) is 20.1 Å². The predicted octanol–water partition coefficient (Wildman–Crippen LogP) is 3.49. The molecule has 0 spiro atoms. The highest BCUT2D eigenvalue weighted by Crippen LogP contribution is 2.19. The summed E-state index contributed by atoms with van der Waals surface area (Å²) in [5, 5.41) is 10.3. The molecule has 2 heteroatoms. The molecule has 1 heterocycles. The lowest BCUT2D eigenvalue weighted by molar-refractivity contribution is 0.282. The van der Waals surface area contributed by atoms with Crippen LogP contribution in [0.1, 0.15) is 16.7 Å². The van der Waals surface area contributed by atoms with Gasteiger partial charge in [-0.2, -0.15) is 0 Å². The maximum atomic E-state index is 9.16. The van der Waals surface area contributed by atoms with Crippen LogP contribution in [0, 0.1) is 6.92 Å². The number of aryl methyl sites for hydroxylation is 1. The Balaban J connectivity index is 1.97. The number of hydrogen-bond donors (Lipinski definition) is 1. The number of aliphatic hydroxyl groups is 1. The van der Waals surface area contributed by atoms with E-state index in [1.165, 1.54) is 22.0 Å². The van der Waals surface area contributed by atoms with Crippen LogP contribution in [0.25, 0.3) is 10.9 Å². The fourth-order valence-corrected chi connectivity index (χ4v) is 2.49. The van der Waals surface area contributed by atoms with Crippen molar-refractivity contribution in [1.82, 2.24) is 4.57 Å². The fourth-order valence-electron chi connectivity index (χ4n) is 2.49. The highest BCUT2D eigenvalue weighted by molar-refractivity contribution is 5.81. The summed E-state index contributed by atoms with van der Waals surface area (Å²) in [6.45, 7) is 3.09. The molecule has 3 rings (SSSR count). The Morgan fingerprint density at radius 2 is 1.89 bits per heavy atom. The van der Waals surface area contributed by atoms with Crippen LogP contribution in [0.15, 0.2) is 54.7 Å². The second-order valence-corrected chi connectivity index (χ2v) is 4.98. The van der Waals surface area contributed by atoms with E-state index in [0.29, 0.717) is 0 Å². The molecule has 0 amide bonds. The van der Waals surface area contributed by atoms with Crippen LogP contribution < -0.4 is 0 Å². The molecular formula is C17H17NO. The smallest absolute Gasteiger partial charge is 0.0682 e. The van der Waals surface area contributed by atoms with Gasteiger partial charge in [0.25, 0.3) is 0 Å². The summed E-state index contributed by atoms with van der Waals surface area (Å²) in [6, 6.07) is 16.8. The Kier molecular flexibility index (Phi) is 3.10. The average Bonchev–Trinajstić information content (AvgIpc) is 2.81. The molecule has 1 N–H and O–H groups in total. The van der Waals surface area contributed by atoms with Gasteiger partial charge < -0.3 is 9.67 Å². The maximum absolute atomic E-state index is 9.16. The summed E-state index contributed by atoms with van der Waals surface area (Å²) in [4.78, 5) is 0. The van der Waals surface area contributed by atoms with Crippen LogP contribution in [0.2, 0.25) is 0 Å². The Morgan fingerprint density at radius 1 is 1.00 bits per heavy atom. The Hall–Kier alpha value is -2.06. The van der Waals surface area contributed by atoms with Crippen LogP contribution in [0.4, 0.5) is 0 Å². The minimum atomic E-state index is 0.0962. The summed E-state index contributed by atoms with van der Waals surface area (Å²) in [6.07, 6.45) is 2.11. The van der Waals surface area contributed by atoms with Gasteiger partial charge in [-0.25, -0.2) is 0 Å². The molecule has 2 aromatic carbocycles. The third kappa shape index (κ3) is 2.40. The van der Waals surface area contributed by atoms with Gasteiger partial charge in [0.2, 0.25) is 0 Å². The van der Waals surface area contributed by atoms with E-state index in [0.717, 1.165) is 12.1 Å². The SMILES string of the molecule is Cc1cccc(Cn2ccc3cc(CO)ccc32)c1. The van der Waals surface area contributed by atoms with E-state index < -0.39 is 0 Å². The Morgan fingerprint density at radius 3 is 2.68 bits per heavy atom. The van der Waals surface area contributed by atoms with Crippen molar-refractivity contribution in [1.29, 1.82) is 0 Å². The zero-order valence-electron chi connectivity index (χ0n) is 11.0. The summed E-state index contributed by atoms with van der Waals surface area (Å²) in [7, 11) is 0. The van der Waals surface area contributed by atoms with E-state index >= 15 is 0 Å². The van der Waals surface area contributed by atoms with E-state index in [1.807, 2.05) is 12.1 Å². The summed E-state index contributed by atoms with van der Waals surface area (Å²) >= 11 is 0. The number of benzene rings is 2. The molecule has 0 aliphatic rings. The van der Waals surface area contributed by atoms with Gasteiger partial charge in [0.1, 0.15) is 0 Å². The van der Waals surface area contributed by atoms with Crippen LogP contribution >= 0.6 is 0 Å². The first-order valence-corrected chi connectivity index (χ1v) is 6.50. The molecule has 96 valence electrons. The Labute approximate surface area is 112 Å². The van der Waals surface area contributed by atoms with Crippen molar-refractivity contribution in [3.8, 4) is 0 Å². The standard InChI is InChI=1S/C17H17NO/c1-13-3-2-4-14(9-13)11-18-8-7-16-10-15(12-19)5-6-17(16)18/h2-10,19H,11-12H2,1H3. The first-order chi connectivity index (χ1) is 9.26. The summed E-state index contributed by atoms with van der Waals surface area (Å²) in [5.74, 6) is 0. The third-order valence-electron chi connectivity index (χ3n) is 3.45. The number of hydrogen-bond acceptors (Lipinski definition) is 1. The summed E-state index contributed by atoms with van der Waals surface area (Å²) in [5.41, 5.74) is 4.76. The number of aliphatic hydroxyl groups excluding tert-OH is 1. The van der Waals surface area contributed by atoms with Crippen molar-refractivity contribution < 1.29 is 5.11 Å². The van der Waals surface area contributed by atoms with Crippen LogP contribution in [0.5, 0.6) is 0 Å². The monoisotopic (exact) mass is 251 g/mol. The van der Waals surface area contributed by atoms with Crippen molar-refractivity contribution in [3.05, 3.63) is 71.4 Å². The molecule has 0 bridgehead atoms. The van der Waals surface area contributed by atoms with Crippen LogP contribution in [0.3, 0.4) is 0 Å². The van der Waals surface area contributed by atoms with Gasteiger partial charge in [0, 0.05) is 18.3 Å². The van der Waals surface area contributed by atoms with E-state index in [-0.39, 0.29) is 6.61 Å². The number of fused-ring (bicyclic) bond motifs is 1. The first-order valence-electron chi connectivity index (χ1n) is 6.50. The fraction of sp³-hybridized carbons (Fsp3) is 0.176. The van der Waals surface area contributed by atoms with Crippen molar-refractivity contribution >= 4 is 10.9 Å². The lowest BCUT2D eigenvalue weighted by atomic mass is 10.1. The molecule has 3 aromatic rings. The van der Waals surface area contributed by atoms with Gasteiger partial charge >= 0.3 is 0 Å². The van der Waals surface area contributed by atoms with Gasteiger partial charge in [0.15, 0.2) is 0 Å². The Bertz CT molecular complexity index is 712. The zero-order chi connectivity index (χ0) is 13.2. The maximum Gasteiger partial charge on any atom is 0.0682 e. The van der Waals surface area contributed by atoms with Crippen LogP contribution in [-0.2, 0) is 13.2 Å². The van der Waals surface area contributed by atoms with Gasteiger partial charge in [-0.1, -0.05) is 35.9 Å². The molecule has 1 aromatic heterocycles. The highest BCUT2D eigenvalue weighted by Gasteiger charge is 2.03. The highest BCUT2D eigenvalue weighted by atomic mass is 16.3. The van der Waals surface area contributed by atoms with Crippen LogP contribution in [-0.4, -0.2) is 9.67 Å². The number of aromatic nitrogens is 1. The van der Waals surface area contributed by atoms with Crippen molar-refractivity contribution in [2.75, 3.05) is 0 Å². The predicted molar refractivity (Wildman–Crippen MR) is 78.1 cm³/mol. The third-order valence-corrected chi connectivity index (χ3v) is 3.45. The number of rotatable bonds is 3. The normalized spacial score (nSPS) is 11.1. The second kappa shape index (κ2) is 4.90. The zero-order valence-corrected chi connectivity index (χ0v) is 11.0. The molecule has 0 saturated carbocycles. The summed E-state index contributed by atoms with van der Waals surface area (Å²) < 4.78 is 2.24. The lowest BCUT2D eigenvalue weighted by Gasteiger charge is -2.07. The van der Waals surface area contributed by atoms with Gasteiger partial charge in [-0.15, -0.1) is 0 Å². The minimum absolute atomic E-state index is 0.0962. The quantitative estimate of drug-likeness (QED) is 0.757. The lowest BCUT2D eigenvalue weighted by Crippen LogP contribution is -1.98.